The molecule has 0 heterocycles. The third kappa shape index (κ3) is 46.9. The first-order chi connectivity index (χ1) is 5.42. The van der Waals surface area contributed by atoms with E-state index in [0.717, 1.165) is 6.66 Å². The maximum Gasteiger partial charge on any atom is 0.507 e. The molecule has 0 spiro atoms. The van der Waals surface area contributed by atoms with Gasteiger partial charge in [0.15, 0.2) is 0 Å². The number of halogens is 2. The van der Waals surface area contributed by atoms with Crippen molar-refractivity contribution in [2.24, 2.45) is 0 Å². The van der Waals surface area contributed by atoms with Crippen molar-refractivity contribution in [1.82, 2.24) is 0 Å². The highest BCUT2D eigenvalue weighted by atomic mass is 31.2. The summed E-state index contributed by atoms with van der Waals surface area (Å²) in [5.74, 6) is 0. The van der Waals surface area contributed by atoms with Crippen molar-refractivity contribution in [3.63, 3.8) is 0 Å². The minimum Gasteiger partial charge on any atom is -0.303 e. The molecule has 13 heavy (non-hydrogen) atoms. The Morgan fingerprint density at radius 2 is 1.46 bits per heavy atom. The van der Waals surface area contributed by atoms with Crippen LogP contribution in [0.25, 0.3) is 0 Å². The molecule has 0 saturated carbocycles. The summed E-state index contributed by atoms with van der Waals surface area (Å²) < 4.78 is 45.4. The first-order valence-electron chi connectivity index (χ1n) is 3.12. The van der Waals surface area contributed by atoms with Gasteiger partial charge in [-0.1, -0.05) is 0 Å². The Bertz CT molecular complexity index is 210. The van der Waals surface area contributed by atoms with Gasteiger partial charge in [0, 0.05) is 6.66 Å². The molecule has 1 unspecified atom stereocenters. The van der Waals surface area contributed by atoms with Crippen LogP contribution in [0.15, 0.2) is 0 Å². The zero-order valence-corrected chi connectivity index (χ0v) is 9.14. The van der Waals surface area contributed by atoms with E-state index in [0.29, 0.717) is 0 Å². The van der Waals surface area contributed by atoms with E-state index < -0.39 is 15.6 Å². The second-order valence-corrected chi connectivity index (χ2v) is 5.02. The zero-order valence-electron chi connectivity index (χ0n) is 7.35. The molecule has 0 radical (unpaired) electrons. The van der Waals surface area contributed by atoms with Gasteiger partial charge < -0.3 is 4.52 Å². The largest absolute Gasteiger partial charge is 0.507 e. The zero-order chi connectivity index (χ0) is 11.3. The second kappa shape index (κ2) is 5.83. The number of hydrogen-bond acceptors (Lipinski definition) is 3. The van der Waals surface area contributed by atoms with E-state index >= 15 is 0 Å². The average Bonchev–Trinajstić information content (AvgIpc) is 1.47. The minimum atomic E-state index is -5.14. The van der Waals surface area contributed by atoms with Crippen LogP contribution in [-0.2, 0) is 13.7 Å². The Balaban J connectivity index is 0. The lowest BCUT2D eigenvalue weighted by atomic mass is 10.5. The van der Waals surface area contributed by atoms with Crippen LogP contribution >= 0.6 is 15.6 Å². The van der Waals surface area contributed by atoms with E-state index in [1.54, 1.807) is 13.8 Å². The molecule has 2 N–H and O–H groups in total. The van der Waals surface area contributed by atoms with Crippen molar-refractivity contribution in [3.8, 4) is 0 Å². The van der Waals surface area contributed by atoms with Gasteiger partial charge in [-0.3, -0.25) is 14.4 Å². The Labute approximate surface area is 75.0 Å². The molecule has 0 aliphatic rings. The van der Waals surface area contributed by atoms with Crippen LogP contribution < -0.4 is 0 Å². The summed E-state index contributed by atoms with van der Waals surface area (Å²) in [6, 6.07) is 0. The monoisotopic (exact) mass is 240 g/mol. The van der Waals surface area contributed by atoms with Crippen LogP contribution in [0.1, 0.15) is 13.8 Å². The normalized spacial score (nSPS) is 16.0. The van der Waals surface area contributed by atoms with Crippen molar-refractivity contribution in [2.75, 3.05) is 6.66 Å². The van der Waals surface area contributed by atoms with Crippen LogP contribution in [0.2, 0.25) is 0 Å². The van der Waals surface area contributed by atoms with Gasteiger partial charge in [0.25, 0.3) is 0 Å². The summed E-state index contributed by atoms with van der Waals surface area (Å²) in [5.41, 5.74) is 0. The van der Waals surface area contributed by atoms with Gasteiger partial charge in [-0.2, -0.15) is 4.20 Å². The fraction of sp³-hybridized carbons (Fsp3) is 1.00. The molecule has 0 bridgehead atoms. The first kappa shape index (κ1) is 15.7. The predicted octanol–water partition coefficient (Wildman–Crippen LogP) is 2.25. The number of hydrogen-bond donors (Lipinski definition) is 2. The van der Waals surface area contributed by atoms with E-state index in [2.05, 4.69) is 4.52 Å². The summed E-state index contributed by atoms with van der Waals surface area (Å²) >= 11 is 0. The summed E-state index contributed by atoms with van der Waals surface area (Å²) in [4.78, 5) is 13.9. The van der Waals surface area contributed by atoms with Crippen molar-refractivity contribution < 1.29 is 31.8 Å². The first-order valence-corrected chi connectivity index (χ1v) is 6.59. The van der Waals surface area contributed by atoms with Crippen molar-refractivity contribution in [1.29, 1.82) is 0 Å². The van der Waals surface area contributed by atoms with Crippen LogP contribution in [0.3, 0.4) is 0 Å². The molecule has 9 heteroatoms. The highest BCUT2D eigenvalue weighted by Gasteiger charge is 2.13. The molecule has 0 aliphatic heterocycles. The third-order valence-electron chi connectivity index (χ3n) is 0.399. The molecule has 0 aliphatic carbocycles. The smallest absolute Gasteiger partial charge is 0.303 e. The average molecular weight is 240 g/mol. The van der Waals surface area contributed by atoms with Gasteiger partial charge in [-0.15, -0.1) is 4.20 Å². The molecule has 0 amide bonds. The SMILES string of the molecule is CC(C)OP(C)(=O)F.O=P(O)(O)F. The van der Waals surface area contributed by atoms with E-state index in [1.165, 1.54) is 0 Å². The van der Waals surface area contributed by atoms with Gasteiger partial charge in [-0.05, 0) is 13.8 Å². The standard InChI is InChI=1S/C4H10FO2P.FH2O3P/c1-4(2)7-8(3,5)6;1-5(2,3)4/h4H,1-3H3;(H2,2,3,4). The molecule has 82 valence electrons. The lowest BCUT2D eigenvalue weighted by molar-refractivity contribution is 0.227. The Morgan fingerprint density at radius 1 is 1.23 bits per heavy atom. The van der Waals surface area contributed by atoms with Crippen LogP contribution in [-0.4, -0.2) is 22.6 Å². The van der Waals surface area contributed by atoms with E-state index in [9.17, 15) is 13.0 Å². The number of rotatable bonds is 2. The lowest BCUT2D eigenvalue weighted by Gasteiger charge is -2.06. The Morgan fingerprint density at radius 3 is 1.46 bits per heavy atom. The quantitative estimate of drug-likeness (QED) is 0.723. The van der Waals surface area contributed by atoms with Gasteiger partial charge >= 0.3 is 15.6 Å². The molecular formula is C4H12F2O5P2. The van der Waals surface area contributed by atoms with Crippen molar-refractivity contribution >= 4 is 15.6 Å². The second-order valence-electron chi connectivity index (χ2n) is 2.37. The molecule has 0 rings (SSSR count). The predicted molar refractivity (Wildman–Crippen MR) is 44.0 cm³/mol. The topological polar surface area (TPSA) is 83.8 Å². The Hall–Kier alpha value is 0.200. The highest BCUT2D eigenvalue weighted by Crippen LogP contribution is 2.45. The summed E-state index contributed by atoms with van der Waals surface area (Å²) in [5, 5.41) is 0. The van der Waals surface area contributed by atoms with E-state index in [1.807, 2.05) is 0 Å². The van der Waals surface area contributed by atoms with Gasteiger partial charge in [0.2, 0.25) is 0 Å². The Kier molecular flexibility index (Phi) is 7.03. The molecule has 0 fully saturated rings. The van der Waals surface area contributed by atoms with Crippen LogP contribution in [0, 0.1) is 0 Å². The molecular weight excluding hydrogens is 228 g/mol. The summed E-state index contributed by atoms with van der Waals surface area (Å²) in [6.45, 7) is 4.22. The van der Waals surface area contributed by atoms with Gasteiger partial charge in [0.05, 0.1) is 6.10 Å². The maximum atomic E-state index is 12.0. The van der Waals surface area contributed by atoms with Crippen molar-refractivity contribution in [2.45, 2.75) is 20.0 Å². The van der Waals surface area contributed by atoms with E-state index in [4.69, 9.17) is 14.4 Å². The molecule has 0 aromatic heterocycles. The van der Waals surface area contributed by atoms with Crippen LogP contribution in [0.5, 0.6) is 0 Å². The van der Waals surface area contributed by atoms with Gasteiger partial charge in [0.1, 0.15) is 0 Å². The van der Waals surface area contributed by atoms with Crippen LogP contribution in [0.4, 0.5) is 8.39 Å². The summed E-state index contributed by atoms with van der Waals surface area (Å²) in [7, 11) is -8.86. The molecule has 0 aromatic carbocycles. The summed E-state index contributed by atoms with van der Waals surface area (Å²) in [6.07, 6.45) is -0.296. The fourth-order valence-corrected chi connectivity index (χ4v) is 1.13. The lowest BCUT2D eigenvalue weighted by Crippen LogP contribution is -1.96. The highest BCUT2D eigenvalue weighted by molar-refractivity contribution is 7.52. The van der Waals surface area contributed by atoms with Crippen molar-refractivity contribution in [3.05, 3.63) is 0 Å². The minimum absolute atomic E-state index is 0.296. The fourth-order valence-electron chi connectivity index (χ4n) is 0.377. The molecule has 1 atom stereocenters. The maximum absolute atomic E-state index is 12.0. The van der Waals surface area contributed by atoms with E-state index in [-0.39, 0.29) is 6.10 Å². The molecule has 5 nitrogen and oxygen atoms in total. The molecule has 0 aromatic rings. The van der Waals surface area contributed by atoms with Gasteiger partial charge in [-0.25, -0.2) is 4.57 Å². The molecule has 0 saturated heterocycles. The third-order valence-corrected chi connectivity index (χ3v) is 1.20.